The highest BCUT2D eigenvalue weighted by atomic mass is 32.1. The number of esters is 1. The number of hydrogen-bond acceptors (Lipinski definition) is 8. The molecule has 0 spiro atoms. The molecule has 1 rings (SSSR count). The van der Waals surface area contributed by atoms with Crippen molar-refractivity contribution in [2.75, 3.05) is 18.5 Å². The molecule has 1 atom stereocenters. The molecule has 1 aromatic rings. The highest BCUT2D eigenvalue weighted by Gasteiger charge is 2.40. The molecule has 0 aliphatic carbocycles. The molecule has 11 nitrogen and oxygen atoms in total. The van der Waals surface area contributed by atoms with Crippen LogP contribution in [0.5, 0.6) is 0 Å². The third kappa shape index (κ3) is 9.93. The smallest absolute Gasteiger partial charge is 0.435 e. The number of amides is 4. The molecule has 1 aromatic heterocycles. The molecule has 0 radical (unpaired) electrons. The van der Waals surface area contributed by atoms with Crippen molar-refractivity contribution in [3.8, 4) is 0 Å². The van der Waals surface area contributed by atoms with Crippen LogP contribution in [-0.2, 0) is 20.4 Å². The normalized spacial score (nSPS) is 12.5. The van der Waals surface area contributed by atoms with Gasteiger partial charge in [-0.15, -0.1) is 0 Å². The summed E-state index contributed by atoms with van der Waals surface area (Å²) in [5.74, 6) is -2.14. The monoisotopic (exact) mass is 497 g/mol. The van der Waals surface area contributed by atoms with Crippen LogP contribution in [0.1, 0.15) is 55.9 Å². The van der Waals surface area contributed by atoms with Gasteiger partial charge in [0.25, 0.3) is 0 Å². The number of anilines is 1. The summed E-state index contributed by atoms with van der Waals surface area (Å²) in [7, 11) is 0. The first kappa shape index (κ1) is 27.9. The van der Waals surface area contributed by atoms with Gasteiger partial charge < -0.3 is 31.2 Å². The number of carbonyl (C=O) groups excluding carboxylic acids is 4. The van der Waals surface area contributed by atoms with Crippen LogP contribution >= 0.6 is 11.3 Å². The molecular formula is C18H26F3N5O6S. The number of nitrogens with two attached hydrogens (primary N) is 1. The largest absolute Gasteiger partial charge is 0.462 e. The minimum absolute atomic E-state index is 0.0202. The first-order chi connectivity index (χ1) is 15.1. The molecule has 0 saturated carbocycles. The predicted molar refractivity (Wildman–Crippen MR) is 112 cm³/mol. The lowest BCUT2D eigenvalue weighted by Gasteiger charge is -2.23. The molecule has 186 valence electrons. The van der Waals surface area contributed by atoms with E-state index in [9.17, 15) is 32.3 Å². The minimum Gasteiger partial charge on any atom is -0.462 e. The summed E-state index contributed by atoms with van der Waals surface area (Å²) in [6.07, 6.45) is -5.73. The molecule has 0 aliphatic rings. The summed E-state index contributed by atoms with van der Waals surface area (Å²) in [5.41, 5.74) is 2.60. The zero-order valence-electron chi connectivity index (χ0n) is 18.4. The number of nitrogens with zero attached hydrogens (tertiary/aromatic N) is 1. The number of nitrogens with one attached hydrogen (secondary N) is 3. The van der Waals surface area contributed by atoms with E-state index in [2.05, 4.69) is 25.7 Å². The standard InChI is InChI=1S/C18H26F3N5O6S/c1-5-31-13(28)10-11(18(19,20)21)25-15(33-10)26-12(27)9(7-6-8-23-14(22)29)24-16(30)32-17(2,3)4/h9H,5-8H2,1-4H3,(H,24,30)(H3,22,23,29)(H,25,26,27)/t9-/m1/s1. The van der Waals surface area contributed by atoms with Gasteiger partial charge in [0.2, 0.25) is 5.91 Å². The maximum absolute atomic E-state index is 13.3. The maximum atomic E-state index is 13.3. The van der Waals surface area contributed by atoms with Gasteiger partial charge in [0.05, 0.1) is 6.61 Å². The van der Waals surface area contributed by atoms with Crippen molar-refractivity contribution in [3.05, 3.63) is 10.6 Å². The van der Waals surface area contributed by atoms with Crippen molar-refractivity contribution < 1.29 is 41.8 Å². The van der Waals surface area contributed by atoms with Gasteiger partial charge in [0.15, 0.2) is 10.8 Å². The number of aromatic nitrogens is 1. The molecule has 0 aliphatic heterocycles. The fraction of sp³-hybridized carbons (Fsp3) is 0.611. The van der Waals surface area contributed by atoms with E-state index in [4.69, 9.17) is 10.5 Å². The second-order valence-electron chi connectivity index (χ2n) is 7.54. The van der Waals surface area contributed by atoms with Gasteiger partial charge in [0.1, 0.15) is 16.5 Å². The fourth-order valence-corrected chi connectivity index (χ4v) is 3.21. The Balaban J connectivity index is 3.05. The lowest BCUT2D eigenvalue weighted by Crippen LogP contribution is -2.46. The molecule has 4 amide bonds. The van der Waals surface area contributed by atoms with Gasteiger partial charge in [-0.25, -0.2) is 19.4 Å². The van der Waals surface area contributed by atoms with E-state index in [1.54, 1.807) is 20.8 Å². The van der Waals surface area contributed by atoms with E-state index < -0.39 is 57.5 Å². The number of alkyl halides is 3. The number of carbonyl (C=O) groups is 4. The van der Waals surface area contributed by atoms with Gasteiger partial charge in [-0.05, 0) is 40.5 Å². The Hall–Kier alpha value is -3.10. The molecular weight excluding hydrogens is 471 g/mol. The van der Waals surface area contributed by atoms with Crippen molar-refractivity contribution in [2.24, 2.45) is 5.73 Å². The predicted octanol–water partition coefficient (Wildman–Crippen LogP) is 2.62. The van der Waals surface area contributed by atoms with Crippen molar-refractivity contribution >= 4 is 40.5 Å². The Morgan fingerprint density at radius 2 is 1.82 bits per heavy atom. The number of ether oxygens (including phenoxy) is 2. The maximum Gasteiger partial charge on any atom is 0.435 e. The molecule has 0 fully saturated rings. The van der Waals surface area contributed by atoms with Crippen LogP contribution in [0.2, 0.25) is 0 Å². The van der Waals surface area contributed by atoms with Crippen LogP contribution < -0.4 is 21.7 Å². The summed E-state index contributed by atoms with van der Waals surface area (Å²) in [5, 5.41) is 6.29. The fourth-order valence-electron chi connectivity index (χ4n) is 2.33. The molecule has 0 bridgehead atoms. The lowest BCUT2D eigenvalue weighted by molar-refractivity contribution is -0.141. The second-order valence-corrected chi connectivity index (χ2v) is 8.54. The lowest BCUT2D eigenvalue weighted by atomic mass is 10.1. The quantitative estimate of drug-likeness (QED) is 0.301. The van der Waals surface area contributed by atoms with Crippen molar-refractivity contribution in [1.29, 1.82) is 0 Å². The first-order valence-electron chi connectivity index (χ1n) is 9.72. The van der Waals surface area contributed by atoms with Gasteiger partial charge in [-0.1, -0.05) is 11.3 Å². The molecule has 0 unspecified atom stereocenters. The van der Waals surface area contributed by atoms with Crippen molar-refractivity contribution in [1.82, 2.24) is 15.6 Å². The number of hydrogen-bond donors (Lipinski definition) is 4. The Morgan fingerprint density at radius 3 is 2.33 bits per heavy atom. The Kier molecular flexibility index (Phi) is 9.88. The van der Waals surface area contributed by atoms with E-state index in [1.165, 1.54) is 6.92 Å². The van der Waals surface area contributed by atoms with E-state index >= 15 is 0 Å². The third-order valence-electron chi connectivity index (χ3n) is 3.56. The zero-order chi connectivity index (χ0) is 25.4. The number of alkyl carbamates (subject to hydrolysis) is 1. The zero-order valence-corrected chi connectivity index (χ0v) is 19.2. The third-order valence-corrected chi connectivity index (χ3v) is 4.51. The summed E-state index contributed by atoms with van der Waals surface area (Å²) < 4.78 is 49.5. The van der Waals surface area contributed by atoms with Crippen LogP contribution in [0.15, 0.2) is 0 Å². The topological polar surface area (TPSA) is 162 Å². The van der Waals surface area contributed by atoms with Crippen LogP contribution in [0.3, 0.4) is 0 Å². The van der Waals surface area contributed by atoms with Gasteiger partial charge >= 0.3 is 24.3 Å². The van der Waals surface area contributed by atoms with Crippen molar-refractivity contribution in [2.45, 2.75) is 58.4 Å². The van der Waals surface area contributed by atoms with Crippen LogP contribution in [0.25, 0.3) is 0 Å². The number of rotatable bonds is 9. The van der Waals surface area contributed by atoms with E-state index in [0.29, 0.717) is 0 Å². The number of urea groups is 1. The average Bonchev–Trinajstić information content (AvgIpc) is 3.07. The molecule has 1 heterocycles. The Morgan fingerprint density at radius 1 is 1.18 bits per heavy atom. The van der Waals surface area contributed by atoms with Crippen LogP contribution in [0.4, 0.5) is 27.9 Å². The van der Waals surface area contributed by atoms with Crippen molar-refractivity contribution in [3.63, 3.8) is 0 Å². The average molecular weight is 497 g/mol. The van der Waals surface area contributed by atoms with Gasteiger partial charge in [-0.3, -0.25) is 4.79 Å². The van der Waals surface area contributed by atoms with E-state index in [-0.39, 0.29) is 37.3 Å². The highest BCUT2D eigenvalue weighted by molar-refractivity contribution is 7.17. The summed E-state index contributed by atoms with van der Waals surface area (Å²) in [6, 6.07) is -2.04. The van der Waals surface area contributed by atoms with Gasteiger partial charge in [-0.2, -0.15) is 13.2 Å². The number of primary amides is 1. The first-order valence-corrected chi connectivity index (χ1v) is 10.5. The second kappa shape index (κ2) is 11.7. The summed E-state index contributed by atoms with van der Waals surface area (Å²) >= 11 is 0.286. The number of thiazole rings is 1. The van der Waals surface area contributed by atoms with Crippen LogP contribution in [0, 0.1) is 0 Å². The molecule has 0 aromatic carbocycles. The Bertz CT molecular complexity index is 869. The highest BCUT2D eigenvalue weighted by Crippen LogP contribution is 2.36. The summed E-state index contributed by atoms with van der Waals surface area (Å²) in [6.45, 7) is 6.15. The van der Waals surface area contributed by atoms with Crippen LogP contribution in [-0.4, -0.2) is 53.8 Å². The minimum atomic E-state index is -4.96. The van der Waals surface area contributed by atoms with Gasteiger partial charge in [0, 0.05) is 6.54 Å². The summed E-state index contributed by atoms with van der Waals surface area (Å²) in [4.78, 5) is 49.9. The SMILES string of the molecule is CCOC(=O)c1sc(NC(=O)[C@@H](CCCNC(N)=O)NC(=O)OC(C)(C)C)nc1C(F)(F)F. The molecule has 15 heteroatoms. The van der Waals surface area contributed by atoms with E-state index in [0.717, 1.165) is 0 Å². The van der Waals surface area contributed by atoms with E-state index in [1.807, 2.05) is 0 Å². The molecule has 0 saturated heterocycles. The Labute approximate surface area is 191 Å². The molecule has 33 heavy (non-hydrogen) atoms. The molecule has 5 N–H and O–H groups in total. The number of halogens is 3.